The highest BCUT2D eigenvalue weighted by molar-refractivity contribution is 7.97. The summed E-state index contributed by atoms with van der Waals surface area (Å²) in [6.45, 7) is 1.48. The fourth-order valence-electron chi connectivity index (χ4n) is 3.21. The summed E-state index contributed by atoms with van der Waals surface area (Å²) in [5.74, 6) is -0.746. The van der Waals surface area contributed by atoms with Crippen LogP contribution in [0.15, 0.2) is 71.1 Å². The maximum Gasteiger partial charge on any atom is 0.270 e. The maximum atomic E-state index is 13.4. The van der Waals surface area contributed by atoms with Gasteiger partial charge in [0.25, 0.3) is 10.0 Å². The smallest absolute Gasteiger partial charge is 0.270 e. The SMILES string of the molecule is CC(=O)Nc1ccc(NC=C2C(=O)c3sccc3N(Cc3ccc(Cl)cc3)S2(=O)=O)cc1. The summed E-state index contributed by atoms with van der Waals surface area (Å²) in [6, 6.07) is 15.2. The lowest BCUT2D eigenvalue weighted by atomic mass is 10.2. The zero-order valence-electron chi connectivity index (χ0n) is 16.8. The summed E-state index contributed by atoms with van der Waals surface area (Å²) < 4.78 is 28.0. The van der Waals surface area contributed by atoms with Crippen LogP contribution in [0.2, 0.25) is 5.02 Å². The number of allylic oxidation sites excluding steroid dienone is 1. The second kappa shape index (κ2) is 8.78. The molecule has 0 fully saturated rings. The van der Waals surface area contributed by atoms with Gasteiger partial charge in [-0.2, -0.15) is 0 Å². The summed E-state index contributed by atoms with van der Waals surface area (Å²) >= 11 is 7.14. The Labute approximate surface area is 194 Å². The van der Waals surface area contributed by atoms with E-state index in [2.05, 4.69) is 10.6 Å². The van der Waals surface area contributed by atoms with E-state index in [4.69, 9.17) is 11.6 Å². The molecular formula is C22H18ClN3O4S2. The van der Waals surface area contributed by atoms with E-state index in [1.807, 2.05) is 0 Å². The Bertz CT molecular complexity index is 1310. The Balaban J connectivity index is 1.65. The van der Waals surface area contributed by atoms with Gasteiger partial charge in [-0.25, -0.2) is 8.42 Å². The number of Topliss-reactive ketones (excluding diaryl/α,β-unsaturated/α-hetero) is 1. The summed E-state index contributed by atoms with van der Waals surface area (Å²) in [5, 5.41) is 7.78. The average molecular weight is 488 g/mol. The van der Waals surface area contributed by atoms with E-state index < -0.39 is 15.8 Å². The molecule has 3 aromatic rings. The molecule has 0 bridgehead atoms. The summed E-state index contributed by atoms with van der Waals surface area (Å²) in [7, 11) is -4.10. The Morgan fingerprint density at radius 1 is 1.06 bits per heavy atom. The van der Waals surface area contributed by atoms with Crippen molar-refractivity contribution in [2.24, 2.45) is 0 Å². The van der Waals surface area contributed by atoms with Crippen LogP contribution < -0.4 is 14.9 Å². The number of amides is 1. The van der Waals surface area contributed by atoms with Crippen LogP contribution in [0.5, 0.6) is 0 Å². The van der Waals surface area contributed by atoms with Gasteiger partial charge >= 0.3 is 0 Å². The second-order valence-corrected chi connectivity index (χ2v) is 10.2. The number of fused-ring (bicyclic) bond motifs is 1. The number of hydrogen-bond donors (Lipinski definition) is 2. The predicted octanol–water partition coefficient (Wildman–Crippen LogP) is 4.85. The predicted molar refractivity (Wildman–Crippen MR) is 128 cm³/mol. The van der Waals surface area contributed by atoms with Crippen molar-refractivity contribution in [1.82, 2.24) is 0 Å². The van der Waals surface area contributed by atoms with Crippen LogP contribution in [0.25, 0.3) is 0 Å². The number of nitrogens with zero attached hydrogens (tertiary/aromatic N) is 1. The number of halogens is 1. The molecule has 10 heteroatoms. The molecule has 0 spiro atoms. The fourth-order valence-corrected chi connectivity index (χ4v) is 5.82. The van der Waals surface area contributed by atoms with Crippen LogP contribution in [0.3, 0.4) is 0 Å². The second-order valence-electron chi connectivity index (χ2n) is 7.01. The monoisotopic (exact) mass is 487 g/mol. The standard InChI is InChI=1S/C22H18ClN3O4S2/c1-14(27)25-18-8-6-17(7-9-18)24-12-20-21(28)22-19(10-11-31-22)26(32(20,29)30)13-15-2-4-16(23)5-3-15/h2-12,24H,13H2,1H3,(H,25,27). The molecule has 0 unspecified atom stereocenters. The lowest BCUT2D eigenvalue weighted by Gasteiger charge is -2.29. The minimum absolute atomic E-state index is 0.0687. The Kier molecular flexibility index (Phi) is 6.05. The number of hydrogen-bond acceptors (Lipinski definition) is 6. The molecule has 1 aliphatic rings. The molecule has 164 valence electrons. The number of rotatable bonds is 5. The molecule has 0 saturated carbocycles. The number of ketones is 1. The van der Waals surface area contributed by atoms with Gasteiger partial charge in [0.15, 0.2) is 4.91 Å². The Hall–Kier alpha value is -3.14. The van der Waals surface area contributed by atoms with Gasteiger partial charge in [0.2, 0.25) is 11.7 Å². The molecule has 0 saturated heterocycles. The lowest BCUT2D eigenvalue weighted by molar-refractivity contribution is -0.114. The molecule has 32 heavy (non-hydrogen) atoms. The van der Waals surface area contributed by atoms with Crippen LogP contribution in [0, 0.1) is 0 Å². The largest absolute Gasteiger partial charge is 0.360 e. The van der Waals surface area contributed by atoms with Crippen LogP contribution in [-0.4, -0.2) is 20.1 Å². The number of carbonyl (C=O) groups is 2. The highest BCUT2D eigenvalue weighted by Gasteiger charge is 2.41. The highest BCUT2D eigenvalue weighted by Crippen LogP contribution is 2.39. The molecule has 1 aromatic heterocycles. The van der Waals surface area contributed by atoms with Crippen molar-refractivity contribution >= 4 is 61.7 Å². The minimum atomic E-state index is -4.10. The van der Waals surface area contributed by atoms with E-state index in [1.54, 1.807) is 60.0 Å². The number of benzene rings is 2. The first-order valence-electron chi connectivity index (χ1n) is 9.49. The summed E-state index contributed by atoms with van der Waals surface area (Å²) in [5.41, 5.74) is 2.28. The third-order valence-corrected chi connectivity index (χ3v) is 7.65. The Morgan fingerprint density at radius 3 is 2.38 bits per heavy atom. The average Bonchev–Trinajstić information content (AvgIpc) is 3.23. The first-order valence-corrected chi connectivity index (χ1v) is 12.2. The van der Waals surface area contributed by atoms with E-state index in [0.29, 0.717) is 27.0 Å². The van der Waals surface area contributed by atoms with Crippen molar-refractivity contribution < 1.29 is 18.0 Å². The van der Waals surface area contributed by atoms with E-state index in [1.165, 1.54) is 28.8 Å². The number of carbonyl (C=O) groups excluding carboxylic acids is 2. The molecule has 4 rings (SSSR count). The van der Waals surface area contributed by atoms with Crippen molar-refractivity contribution in [2.45, 2.75) is 13.5 Å². The molecular weight excluding hydrogens is 470 g/mol. The van der Waals surface area contributed by atoms with E-state index in [9.17, 15) is 18.0 Å². The third kappa shape index (κ3) is 4.40. The maximum absolute atomic E-state index is 13.4. The molecule has 7 nitrogen and oxygen atoms in total. The Morgan fingerprint density at radius 2 is 1.72 bits per heavy atom. The molecule has 1 aliphatic heterocycles. The van der Waals surface area contributed by atoms with Crippen LogP contribution in [-0.2, 0) is 21.4 Å². The first-order chi connectivity index (χ1) is 15.3. The van der Waals surface area contributed by atoms with Gasteiger partial charge in [0.1, 0.15) is 4.88 Å². The fraction of sp³-hybridized carbons (Fsp3) is 0.0909. The van der Waals surface area contributed by atoms with E-state index in [0.717, 1.165) is 5.56 Å². The number of nitrogens with one attached hydrogen (secondary N) is 2. The molecule has 2 heterocycles. The van der Waals surface area contributed by atoms with Gasteiger partial charge in [-0.3, -0.25) is 13.9 Å². The number of sulfonamides is 1. The number of anilines is 3. The van der Waals surface area contributed by atoms with E-state index >= 15 is 0 Å². The molecule has 0 radical (unpaired) electrons. The van der Waals surface area contributed by atoms with Gasteiger partial charge in [0.05, 0.1) is 12.2 Å². The molecule has 1 amide bonds. The normalized spacial score (nSPS) is 16.0. The first kappa shape index (κ1) is 22.1. The summed E-state index contributed by atoms with van der Waals surface area (Å²) in [4.78, 5) is 24.1. The molecule has 0 aliphatic carbocycles. The molecule has 2 N–H and O–H groups in total. The van der Waals surface area contributed by atoms with Gasteiger partial charge < -0.3 is 10.6 Å². The van der Waals surface area contributed by atoms with Crippen LogP contribution in [0.4, 0.5) is 17.1 Å². The zero-order valence-corrected chi connectivity index (χ0v) is 19.2. The zero-order chi connectivity index (χ0) is 22.9. The van der Waals surface area contributed by atoms with Gasteiger partial charge in [-0.05, 0) is 53.4 Å². The van der Waals surface area contributed by atoms with Crippen LogP contribution in [0.1, 0.15) is 22.2 Å². The van der Waals surface area contributed by atoms with Gasteiger partial charge in [0, 0.05) is 29.5 Å². The van der Waals surface area contributed by atoms with Crippen molar-refractivity contribution in [1.29, 1.82) is 0 Å². The number of thiophene rings is 1. The van der Waals surface area contributed by atoms with Crippen molar-refractivity contribution in [3.8, 4) is 0 Å². The van der Waals surface area contributed by atoms with Gasteiger partial charge in [-0.15, -0.1) is 11.3 Å². The van der Waals surface area contributed by atoms with Crippen LogP contribution >= 0.6 is 22.9 Å². The molecule has 2 aromatic carbocycles. The quantitative estimate of drug-likeness (QED) is 0.502. The van der Waals surface area contributed by atoms with Gasteiger partial charge in [-0.1, -0.05) is 23.7 Å². The van der Waals surface area contributed by atoms with Crippen molar-refractivity contribution in [3.05, 3.63) is 86.5 Å². The van der Waals surface area contributed by atoms with Crippen molar-refractivity contribution in [2.75, 3.05) is 14.9 Å². The molecule has 0 atom stereocenters. The van der Waals surface area contributed by atoms with Crippen molar-refractivity contribution in [3.63, 3.8) is 0 Å². The topological polar surface area (TPSA) is 95.6 Å². The lowest BCUT2D eigenvalue weighted by Crippen LogP contribution is -2.38. The summed E-state index contributed by atoms with van der Waals surface area (Å²) in [6.07, 6.45) is 1.21. The third-order valence-electron chi connectivity index (χ3n) is 4.73. The van der Waals surface area contributed by atoms with E-state index in [-0.39, 0.29) is 17.4 Å². The highest BCUT2D eigenvalue weighted by atomic mass is 35.5. The minimum Gasteiger partial charge on any atom is -0.360 e.